The summed E-state index contributed by atoms with van der Waals surface area (Å²) in [6.07, 6.45) is 5.01. The third-order valence-corrected chi connectivity index (χ3v) is 2.95. The third kappa shape index (κ3) is 1.81. The van der Waals surface area contributed by atoms with Crippen molar-refractivity contribution in [2.24, 2.45) is 0 Å². The second-order valence-electron chi connectivity index (χ2n) is 4.15. The molecular weight excluding hydrogens is 151 g/mol. The van der Waals surface area contributed by atoms with Crippen LogP contribution in [-0.2, 0) is 0 Å². The van der Waals surface area contributed by atoms with Crippen molar-refractivity contribution in [2.45, 2.75) is 50.6 Å². The van der Waals surface area contributed by atoms with Gasteiger partial charge in [0, 0.05) is 18.1 Å². The topological polar surface area (TPSA) is 44.3 Å². The molecule has 2 saturated heterocycles. The maximum absolute atomic E-state index is 9.17. The SMILES string of the molecule is CB(O)NC1CC2CCC(C1)N2. The van der Waals surface area contributed by atoms with Gasteiger partial charge in [-0.2, -0.15) is 0 Å². The Bertz CT molecular complexity index is 153. The Balaban J connectivity index is 1.85. The summed E-state index contributed by atoms with van der Waals surface area (Å²) in [7, 11) is -0.354. The summed E-state index contributed by atoms with van der Waals surface area (Å²) in [6, 6.07) is 1.95. The fourth-order valence-electron chi connectivity index (χ4n) is 2.53. The molecule has 0 radical (unpaired) electrons. The molecule has 2 rings (SSSR count). The van der Waals surface area contributed by atoms with Gasteiger partial charge in [-0.3, -0.25) is 0 Å². The first-order chi connectivity index (χ1) is 5.74. The molecule has 0 amide bonds. The lowest BCUT2D eigenvalue weighted by Crippen LogP contribution is -2.50. The van der Waals surface area contributed by atoms with Crippen LogP contribution in [0.2, 0.25) is 6.82 Å². The fraction of sp³-hybridized carbons (Fsp3) is 1.00. The molecule has 0 saturated carbocycles. The Morgan fingerprint density at radius 2 is 1.92 bits per heavy atom. The monoisotopic (exact) mass is 168 g/mol. The van der Waals surface area contributed by atoms with E-state index in [2.05, 4.69) is 10.5 Å². The summed E-state index contributed by atoms with van der Waals surface area (Å²) in [5.74, 6) is 0. The van der Waals surface area contributed by atoms with Gasteiger partial charge in [0.15, 0.2) is 0 Å². The van der Waals surface area contributed by atoms with Crippen molar-refractivity contribution < 1.29 is 5.02 Å². The largest absolute Gasteiger partial charge is 0.437 e. The number of rotatable bonds is 2. The van der Waals surface area contributed by atoms with Crippen LogP contribution in [0.5, 0.6) is 0 Å². The molecule has 2 atom stereocenters. The van der Waals surface area contributed by atoms with Crippen LogP contribution in [0.1, 0.15) is 25.7 Å². The maximum atomic E-state index is 9.17. The first kappa shape index (κ1) is 8.54. The highest BCUT2D eigenvalue weighted by Crippen LogP contribution is 2.26. The molecule has 68 valence electrons. The van der Waals surface area contributed by atoms with Crippen LogP contribution in [0.3, 0.4) is 0 Å². The Morgan fingerprint density at radius 3 is 2.42 bits per heavy atom. The van der Waals surface area contributed by atoms with E-state index in [1.807, 2.05) is 0 Å². The number of hydrogen-bond acceptors (Lipinski definition) is 3. The van der Waals surface area contributed by atoms with E-state index < -0.39 is 0 Å². The Hall–Kier alpha value is -0.0551. The Morgan fingerprint density at radius 1 is 1.33 bits per heavy atom. The van der Waals surface area contributed by atoms with Crippen LogP contribution >= 0.6 is 0 Å². The molecule has 0 aliphatic carbocycles. The van der Waals surface area contributed by atoms with Gasteiger partial charge >= 0.3 is 7.05 Å². The van der Waals surface area contributed by atoms with Gasteiger partial charge in [-0.25, -0.2) is 0 Å². The van der Waals surface area contributed by atoms with Crippen molar-refractivity contribution in [3.8, 4) is 0 Å². The van der Waals surface area contributed by atoms with Gasteiger partial charge in [-0.15, -0.1) is 0 Å². The number of piperidine rings is 1. The standard InChI is InChI=1S/C8H17BN2O/c1-9(12)11-8-4-6-2-3-7(5-8)10-6/h6-8,10-12H,2-5H2,1H3. The van der Waals surface area contributed by atoms with E-state index in [1.54, 1.807) is 6.82 Å². The molecule has 0 aromatic heterocycles. The molecule has 0 aromatic carbocycles. The first-order valence-electron chi connectivity index (χ1n) is 4.94. The van der Waals surface area contributed by atoms with Gasteiger partial charge in [0.05, 0.1) is 0 Å². The van der Waals surface area contributed by atoms with Crippen LogP contribution in [-0.4, -0.2) is 30.2 Å². The molecule has 2 aliphatic rings. The lowest BCUT2D eigenvalue weighted by molar-refractivity contribution is 0.337. The Labute approximate surface area is 74.1 Å². The Kier molecular flexibility index (Phi) is 2.39. The summed E-state index contributed by atoms with van der Waals surface area (Å²) < 4.78 is 0. The van der Waals surface area contributed by atoms with E-state index in [-0.39, 0.29) is 7.05 Å². The third-order valence-electron chi connectivity index (χ3n) is 2.95. The molecular formula is C8H17BN2O. The molecule has 0 aromatic rings. The van der Waals surface area contributed by atoms with Crippen molar-refractivity contribution in [1.29, 1.82) is 0 Å². The van der Waals surface area contributed by atoms with E-state index in [0.29, 0.717) is 18.1 Å². The molecule has 2 bridgehead atoms. The average Bonchev–Trinajstić information content (AvgIpc) is 2.29. The number of hydrogen-bond donors (Lipinski definition) is 3. The summed E-state index contributed by atoms with van der Waals surface area (Å²) in [5, 5.41) is 15.9. The zero-order valence-corrected chi connectivity index (χ0v) is 7.59. The summed E-state index contributed by atoms with van der Waals surface area (Å²) >= 11 is 0. The van der Waals surface area contributed by atoms with E-state index in [9.17, 15) is 0 Å². The van der Waals surface area contributed by atoms with Crippen molar-refractivity contribution >= 4 is 7.05 Å². The second kappa shape index (κ2) is 3.36. The van der Waals surface area contributed by atoms with Crippen molar-refractivity contribution in [1.82, 2.24) is 10.5 Å². The van der Waals surface area contributed by atoms with Gasteiger partial charge in [-0.1, -0.05) is 0 Å². The minimum atomic E-state index is -0.354. The highest BCUT2D eigenvalue weighted by molar-refractivity contribution is 6.45. The lowest BCUT2D eigenvalue weighted by Gasteiger charge is -2.30. The zero-order chi connectivity index (χ0) is 8.55. The molecule has 12 heavy (non-hydrogen) atoms. The smallest absolute Gasteiger partial charge is 0.373 e. The van der Waals surface area contributed by atoms with Crippen LogP contribution in [0.4, 0.5) is 0 Å². The molecule has 4 heteroatoms. The van der Waals surface area contributed by atoms with E-state index in [4.69, 9.17) is 5.02 Å². The van der Waals surface area contributed by atoms with Crippen LogP contribution < -0.4 is 10.5 Å². The normalized spacial score (nSPS) is 40.0. The second-order valence-corrected chi connectivity index (χ2v) is 4.15. The molecule has 2 aliphatic heterocycles. The summed E-state index contributed by atoms with van der Waals surface area (Å²) in [4.78, 5) is 0. The van der Waals surface area contributed by atoms with E-state index in [1.165, 1.54) is 25.7 Å². The quantitative estimate of drug-likeness (QED) is 0.507. The molecule has 3 nitrogen and oxygen atoms in total. The minimum absolute atomic E-state index is 0.354. The van der Waals surface area contributed by atoms with Gasteiger partial charge < -0.3 is 15.6 Å². The molecule has 2 fully saturated rings. The van der Waals surface area contributed by atoms with Crippen LogP contribution in [0, 0.1) is 0 Å². The maximum Gasteiger partial charge on any atom is 0.373 e. The van der Waals surface area contributed by atoms with Crippen molar-refractivity contribution in [3.05, 3.63) is 0 Å². The average molecular weight is 168 g/mol. The van der Waals surface area contributed by atoms with Crippen molar-refractivity contribution in [3.63, 3.8) is 0 Å². The first-order valence-corrected chi connectivity index (χ1v) is 4.94. The van der Waals surface area contributed by atoms with Gasteiger partial charge in [0.1, 0.15) is 0 Å². The molecule has 0 spiro atoms. The van der Waals surface area contributed by atoms with Crippen LogP contribution in [0.15, 0.2) is 0 Å². The van der Waals surface area contributed by atoms with Crippen LogP contribution in [0.25, 0.3) is 0 Å². The summed E-state index contributed by atoms with van der Waals surface area (Å²) in [5.41, 5.74) is 0. The van der Waals surface area contributed by atoms with Gasteiger partial charge in [0.2, 0.25) is 0 Å². The predicted octanol–water partition coefficient (Wildman–Crippen LogP) is -0.0307. The van der Waals surface area contributed by atoms with Gasteiger partial charge in [-0.05, 0) is 32.5 Å². The minimum Gasteiger partial charge on any atom is -0.437 e. The van der Waals surface area contributed by atoms with Crippen molar-refractivity contribution in [2.75, 3.05) is 0 Å². The highest BCUT2D eigenvalue weighted by Gasteiger charge is 2.33. The number of nitrogens with one attached hydrogen (secondary N) is 2. The number of fused-ring (bicyclic) bond motifs is 2. The molecule has 3 N–H and O–H groups in total. The highest BCUT2D eigenvalue weighted by atomic mass is 16.2. The fourth-order valence-corrected chi connectivity index (χ4v) is 2.53. The lowest BCUT2D eigenvalue weighted by atomic mass is 9.84. The molecule has 2 heterocycles. The predicted molar refractivity (Wildman–Crippen MR) is 49.9 cm³/mol. The zero-order valence-electron chi connectivity index (χ0n) is 7.59. The van der Waals surface area contributed by atoms with Gasteiger partial charge in [0.25, 0.3) is 0 Å². The molecule has 2 unspecified atom stereocenters. The van der Waals surface area contributed by atoms with E-state index >= 15 is 0 Å². The summed E-state index contributed by atoms with van der Waals surface area (Å²) in [6.45, 7) is 1.80. The van der Waals surface area contributed by atoms with E-state index in [0.717, 1.165) is 0 Å².